The lowest BCUT2D eigenvalue weighted by molar-refractivity contribution is 0.00664. The number of imidazole rings is 1. The molecule has 0 N–H and O–H groups in total. The Labute approximate surface area is 218 Å². The van der Waals surface area contributed by atoms with Gasteiger partial charge in [0.2, 0.25) is 0 Å². The molecule has 1 amide bonds. The number of piperidine rings is 1. The van der Waals surface area contributed by atoms with Crippen molar-refractivity contribution in [1.29, 1.82) is 0 Å². The van der Waals surface area contributed by atoms with Gasteiger partial charge in [0, 0.05) is 44.0 Å². The van der Waals surface area contributed by atoms with Crippen molar-refractivity contribution in [3.05, 3.63) is 77.4 Å². The summed E-state index contributed by atoms with van der Waals surface area (Å²) in [5, 5.41) is 0. The highest BCUT2D eigenvalue weighted by Crippen LogP contribution is 2.30. The van der Waals surface area contributed by atoms with Gasteiger partial charge in [-0.3, -0.25) is 4.79 Å². The molecule has 0 unspecified atom stereocenters. The fraction of sp³-hybridized carbons (Fsp3) is 0.414. The average molecular weight is 506 g/mol. The van der Waals surface area contributed by atoms with Gasteiger partial charge in [0.25, 0.3) is 5.91 Å². The van der Waals surface area contributed by atoms with Crippen LogP contribution in [0.3, 0.4) is 0 Å². The zero-order chi connectivity index (χ0) is 26.6. The number of nitrogens with zero attached hydrogens (tertiary/aromatic N) is 3. The normalized spacial score (nSPS) is 14.4. The first kappa shape index (κ1) is 26.3. The second-order valence-electron chi connectivity index (χ2n) is 10.2. The van der Waals surface area contributed by atoms with E-state index in [4.69, 9.17) is 14.2 Å². The van der Waals surface area contributed by atoms with E-state index in [0.717, 1.165) is 35.7 Å². The molecule has 8 heteroatoms. The minimum atomic E-state index is -0.635. The van der Waals surface area contributed by atoms with Gasteiger partial charge in [-0.1, -0.05) is 12.1 Å². The first-order valence-electron chi connectivity index (χ1n) is 12.5. The number of carbonyl (C=O) groups is 2. The van der Waals surface area contributed by atoms with Crippen molar-refractivity contribution < 1.29 is 23.8 Å². The Morgan fingerprint density at radius 2 is 1.59 bits per heavy atom. The van der Waals surface area contributed by atoms with E-state index in [-0.39, 0.29) is 11.8 Å². The summed E-state index contributed by atoms with van der Waals surface area (Å²) in [6, 6.07) is 12.7. The second kappa shape index (κ2) is 11.1. The summed E-state index contributed by atoms with van der Waals surface area (Å²) in [5.74, 6) is 2.09. The molecule has 0 bridgehead atoms. The maximum Gasteiger partial charge on any atom is 0.339 e. The summed E-state index contributed by atoms with van der Waals surface area (Å²) in [4.78, 5) is 32.6. The molecular weight excluding hydrogens is 470 g/mol. The molecule has 2 aromatic carbocycles. The van der Waals surface area contributed by atoms with Gasteiger partial charge in [0.05, 0.1) is 25.3 Å². The minimum Gasteiger partial charge on any atom is -0.497 e. The predicted octanol–water partition coefficient (Wildman–Crippen LogP) is 4.92. The SMILES string of the molecule is COc1cc(Cn2ccnc2C2CCN(C(=O)c3ccccc3C(=O)OC(C)(C)C)CC2)cc(OC)c1. The highest BCUT2D eigenvalue weighted by molar-refractivity contribution is 6.05. The Morgan fingerprint density at radius 3 is 2.19 bits per heavy atom. The maximum atomic E-state index is 13.4. The number of likely N-dealkylation sites (tertiary alicyclic amines) is 1. The minimum absolute atomic E-state index is 0.147. The predicted molar refractivity (Wildman–Crippen MR) is 140 cm³/mol. The van der Waals surface area contributed by atoms with Gasteiger partial charge in [0.15, 0.2) is 0 Å². The van der Waals surface area contributed by atoms with E-state index >= 15 is 0 Å². The molecule has 4 rings (SSSR count). The number of carbonyl (C=O) groups excluding carboxylic acids is 2. The standard InChI is InChI=1S/C29H35N3O5/c1-29(2,3)37-28(34)25-9-7-6-8-24(25)27(33)31-13-10-21(11-14-31)26-30-12-15-32(26)19-20-16-22(35-4)18-23(17-20)36-5/h6-9,12,15-18,21H,10-11,13-14,19H2,1-5H3. The smallest absolute Gasteiger partial charge is 0.339 e. The molecular formula is C29H35N3O5. The molecule has 1 aromatic heterocycles. The van der Waals surface area contributed by atoms with Gasteiger partial charge in [-0.05, 0) is 63.4 Å². The highest BCUT2D eigenvalue weighted by atomic mass is 16.6. The van der Waals surface area contributed by atoms with Crippen LogP contribution in [0.1, 0.15) is 71.6 Å². The highest BCUT2D eigenvalue weighted by Gasteiger charge is 2.30. The fourth-order valence-electron chi connectivity index (χ4n) is 4.66. The summed E-state index contributed by atoms with van der Waals surface area (Å²) in [7, 11) is 3.28. The summed E-state index contributed by atoms with van der Waals surface area (Å²) in [6.45, 7) is 7.27. The van der Waals surface area contributed by atoms with E-state index in [1.165, 1.54) is 0 Å². The molecule has 0 saturated carbocycles. The first-order valence-corrected chi connectivity index (χ1v) is 12.5. The fourth-order valence-corrected chi connectivity index (χ4v) is 4.66. The Hall–Kier alpha value is -3.81. The number of methoxy groups -OCH3 is 2. The molecule has 0 spiro atoms. The van der Waals surface area contributed by atoms with E-state index in [9.17, 15) is 9.59 Å². The third kappa shape index (κ3) is 6.31. The van der Waals surface area contributed by atoms with Gasteiger partial charge in [-0.15, -0.1) is 0 Å². The van der Waals surface area contributed by atoms with Crippen LogP contribution < -0.4 is 9.47 Å². The van der Waals surface area contributed by atoms with Crippen molar-refractivity contribution in [3.63, 3.8) is 0 Å². The Kier molecular flexibility index (Phi) is 7.86. The van der Waals surface area contributed by atoms with Crippen molar-refractivity contribution in [2.45, 2.75) is 51.7 Å². The van der Waals surface area contributed by atoms with Crippen LogP contribution >= 0.6 is 0 Å². The molecule has 0 atom stereocenters. The number of esters is 1. The van der Waals surface area contributed by atoms with Crippen LogP contribution in [0, 0.1) is 0 Å². The molecule has 1 aliphatic heterocycles. The van der Waals surface area contributed by atoms with Crippen molar-refractivity contribution in [2.24, 2.45) is 0 Å². The van der Waals surface area contributed by atoms with E-state index in [1.54, 1.807) is 38.5 Å². The Bertz CT molecular complexity index is 1230. The van der Waals surface area contributed by atoms with Crippen LogP contribution in [0.25, 0.3) is 0 Å². The largest absolute Gasteiger partial charge is 0.497 e. The average Bonchev–Trinajstić information content (AvgIpc) is 3.35. The number of hydrogen-bond donors (Lipinski definition) is 0. The summed E-state index contributed by atoms with van der Waals surface area (Å²) in [5.41, 5.74) is 1.10. The van der Waals surface area contributed by atoms with Crippen molar-refractivity contribution in [3.8, 4) is 11.5 Å². The molecule has 1 saturated heterocycles. The molecule has 37 heavy (non-hydrogen) atoms. The number of amides is 1. The van der Waals surface area contributed by atoms with Gasteiger partial charge in [0.1, 0.15) is 22.9 Å². The van der Waals surface area contributed by atoms with Crippen LogP contribution in [0.5, 0.6) is 11.5 Å². The number of rotatable bonds is 7. The molecule has 1 fully saturated rings. The third-order valence-corrected chi connectivity index (χ3v) is 6.44. The lowest BCUT2D eigenvalue weighted by atomic mass is 9.94. The zero-order valence-corrected chi connectivity index (χ0v) is 22.2. The molecule has 196 valence electrons. The topological polar surface area (TPSA) is 82.9 Å². The van der Waals surface area contributed by atoms with Crippen molar-refractivity contribution >= 4 is 11.9 Å². The Morgan fingerprint density at radius 1 is 0.973 bits per heavy atom. The molecule has 8 nitrogen and oxygen atoms in total. The lowest BCUT2D eigenvalue weighted by Gasteiger charge is -2.32. The molecule has 0 radical (unpaired) electrons. The van der Waals surface area contributed by atoms with E-state index < -0.39 is 11.6 Å². The van der Waals surface area contributed by atoms with Crippen LogP contribution in [-0.2, 0) is 11.3 Å². The number of hydrogen-bond acceptors (Lipinski definition) is 6. The van der Waals surface area contributed by atoms with E-state index in [0.29, 0.717) is 30.8 Å². The Balaban J connectivity index is 1.44. The quantitative estimate of drug-likeness (QED) is 0.424. The summed E-state index contributed by atoms with van der Waals surface area (Å²) >= 11 is 0. The maximum absolute atomic E-state index is 13.4. The lowest BCUT2D eigenvalue weighted by Crippen LogP contribution is -2.39. The van der Waals surface area contributed by atoms with Crippen molar-refractivity contribution in [2.75, 3.05) is 27.3 Å². The van der Waals surface area contributed by atoms with Gasteiger partial charge in [-0.25, -0.2) is 9.78 Å². The monoisotopic (exact) mass is 505 g/mol. The van der Waals surface area contributed by atoms with Crippen LogP contribution in [0.2, 0.25) is 0 Å². The number of ether oxygens (including phenoxy) is 3. The van der Waals surface area contributed by atoms with Crippen LogP contribution in [-0.4, -0.2) is 59.2 Å². The van der Waals surface area contributed by atoms with Crippen LogP contribution in [0.15, 0.2) is 54.9 Å². The zero-order valence-electron chi connectivity index (χ0n) is 22.2. The molecule has 2 heterocycles. The van der Waals surface area contributed by atoms with Crippen LogP contribution in [0.4, 0.5) is 0 Å². The van der Waals surface area contributed by atoms with E-state index in [2.05, 4.69) is 9.55 Å². The molecule has 3 aromatic rings. The molecule has 0 aliphatic carbocycles. The number of benzene rings is 2. The third-order valence-electron chi connectivity index (χ3n) is 6.44. The number of aromatic nitrogens is 2. The summed E-state index contributed by atoms with van der Waals surface area (Å²) in [6.07, 6.45) is 5.38. The van der Waals surface area contributed by atoms with E-state index in [1.807, 2.05) is 56.3 Å². The van der Waals surface area contributed by atoms with Gasteiger partial charge < -0.3 is 23.7 Å². The van der Waals surface area contributed by atoms with Crippen molar-refractivity contribution in [1.82, 2.24) is 14.5 Å². The second-order valence-corrected chi connectivity index (χ2v) is 10.2. The first-order chi connectivity index (χ1) is 17.7. The van der Waals surface area contributed by atoms with Gasteiger partial charge >= 0.3 is 5.97 Å². The summed E-state index contributed by atoms with van der Waals surface area (Å²) < 4.78 is 18.5. The van der Waals surface area contributed by atoms with Gasteiger partial charge in [-0.2, -0.15) is 0 Å². The molecule has 1 aliphatic rings.